The minimum Gasteiger partial charge on any atom is -0.303 e. The summed E-state index contributed by atoms with van der Waals surface area (Å²) in [6.45, 7) is 7.78. The molecule has 33 heavy (non-hydrogen) atoms. The summed E-state index contributed by atoms with van der Waals surface area (Å²) in [5.74, 6) is 0.136. The second kappa shape index (κ2) is 11.9. The van der Waals surface area contributed by atoms with Crippen LogP contribution in [0.25, 0.3) is 0 Å². The number of hydrogen-bond acceptors (Lipinski definition) is 10. The first-order chi connectivity index (χ1) is 14.9. The van der Waals surface area contributed by atoms with Gasteiger partial charge in [-0.1, -0.05) is 0 Å². The Morgan fingerprint density at radius 1 is 0.727 bits per heavy atom. The van der Waals surface area contributed by atoms with Gasteiger partial charge < -0.3 is 18.4 Å². The lowest BCUT2D eigenvalue weighted by Crippen LogP contribution is -2.08. The van der Waals surface area contributed by atoms with Crippen LogP contribution in [0.15, 0.2) is 18.1 Å². The predicted molar refractivity (Wildman–Crippen MR) is 125 cm³/mol. The predicted octanol–water partition coefficient (Wildman–Crippen LogP) is 8.54. The van der Waals surface area contributed by atoms with Crippen LogP contribution < -0.4 is 4.86 Å². The highest BCUT2D eigenvalue weighted by Crippen LogP contribution is 2.80. The Kier molecular flexibility index (Phi) is 11.2. The maximum Gasteiger partial charge on any atom is 0.388 e. The Labute approximate surface area is 190 Å². The first kappa shape index (κ1) is 31.1. The molecule has 0 aromatic carbocycles. The number of nitrogens with one attached hydrogen (secondary N) is 1. The Hall–Kier alpha value is 0.0500. The molecule has 0 fully saturated rings. The normalized spacial score (nSPS) is 37.5. The molecule has 10 nitrogen and oxygen atoms in total. The van der Waals surface area contributed by atoms with Crippen LogP contribution in [-0.4, -0.2) is 42.8 Å². The van der Waals surface area contributed by atoms with Gasteiger partial charge in [0.2, 0.25) is 15.0 Å². The fourth-order valence-electron chi connectivity index (χ4n) is 2.17. The number of halogens is 5. The highest BCUT2D eigenvalue weighted by molar-refractivity contribution is 7.85. The van der Waals surface area contributed by atoms with E-state index < -0.39 is 62.7 Å². The van der Waals surface area contributed by atoms with Gasteiger partial charge in [-0.2, -0.15) is 34.9 Å². The van der Waals surface area contributed by atoms with Crippen molar-refractivity contribution in [2.24, 2.45) is 18.1 Å². The van der Waals surface area contributed by atoms with Gasteiger partial charge in [0.25, 0.3) is 0 Å². The molecule has 1 rings (SSSR count). The van der Waals surface area contributed by atoms with Crippen molar-refractivity contribution in [1.82, 2.24) is 4.86 Å². The SMILES string of the molecule is CC(C)OP1(F)=NP(F)(=CC=O)NP(F)(CC=O)=NP(F)(OC(C)C)=NP(F)(OC(C)C)=N1. The van der Waals surface area contributed by atoms with E-state index in [1.165, 1.54) is 41.5 Å². The highest BCUT2D eigenvalue weighted by atomic mass is 31.3. The number of nitrogens with zero attached hydrogens (tertiary/aromatic N) is 4. The van der Waals surface area contributed by atoms with E-state index in [0.717, 1.165) is 0 Å². The summed E-state index contributed by atoms with van der Waals surface area (Å²) in [5.41, 5.74) is 0. The summed E-state index contributed by atoms with van der Waals surface area (Å²) >= 11 is 0. The lowest BCUT2D eigenvalue weighted by molar-refractivity contribution is -0.106. The van der Waals surface area contributed by atoms with Crippen molar-refractivity contribution in [2.45, 2.75) is 59.9 Å². The quantitative estimate of drug-likeness (QED) is 0.165. The maximum absolute atomic E-state index is 15.8. The molecule has 0 saturated carbocycles. The zero-order valence-electron chi connectivity index (χ0n) is 18.6. The number of carbonyl (C=O) groups is 2. The van der Waals surface area contributed by atoms with Crippen LogP contribution in [0.3, 0.4) is 0 Å². The topological polar surface area (TPSA) is 123 Å². The summed E-state index contributed by atoms with van der Waals surface area (Å²) < 4.78 is 106. The Morgan fingerprint density at radius 3 is 1.48 bits per heavy atom. The molecule has 1 aliphatic rings. The minimum absolute atomic E-state index is 0.0453. The molecule has 1 heterocycles. The molecule has 1 N–H and O–H groups in total. The summed E-state index contributed by atoms with van der Waals surface area (Å²) in [6, 6.07) is 0. The van der Waals surface area contributed by atoms with Crippen molar-refractivity contribution in [2.75, 3.05) is 6.16 Å². The number of hydrogen-bond donors (Lipinski definition) is 1. The van der Waals surface area contributed by atoms with E-state index in [9.17, 15) is 9.59 Å². The molecule has 194 valence electrons. The fraction of sp³-hybridized carbons (Fsp3) is 0.769. The first-order valence-electron chi connectivity index (χ1n) is 9.40. The van der Waals surface area contributed by atoms with Gasteiger partial charge in [-0.05, 0) is 41.5 Å². The molecule has 0 spiro atoms. The second-order valence-corrected chi connectivity index (χ2v) is 17.6. The molecule has 5 atom stereocenters. The lowest BCUT2D eigenvalue weighted by Gasteiger charge is -2.27. The molecule has 20 heteroatoms. The van der Waals surface area contributed by atoms with Crippen molar-refractivity contribution in [3.63, 3.8) is 0 Å². The molecule has 1 aliphatic heterocycles. The minimum atomic E-state index is -5.40. The molecule has 0 bridgehead atoms. The van der Waals surface area contributed by atoms with E-state index in [0.29, 0.717) is 0 Å². The highest BCUT2D eigenvalue weighted by Gasteiger charge is 2.42. The number of aldehydes is 2. The van der Waals surface area contributed by atoms with Gasteiger partial charge >= 0.3 is 23.2 Å². The summed E-state index contributed by atoms with van der Waals surface area (Å²) in [5, 5.41) is 0. The van der Waals surface area contributed by atoms with Crippen LogP contribution in [0.5, 0.6) is 0 Å². The molecular weight excluding hydrogens is 556 g/mol. The van der Waals surface area contributed by atoms with Gasteiger partial charge in [-0.3, -0.25) is 4.79 Å². The van der Waals surface area contributed by atoms with Crippen molar-refractivity contribution in [3.8, 4) is 0 Å². The second-order valence-electron chi connectivity index (χ2n) is 7.25. The Morgan fingerprint density at radius 2 is 1.12 bits per heavy atom. The molecule has 0 aliphatic carbocycles. The van der Waals surface area contributed by atoms with Crippen molar-refractivity contribution in [3.05, 3.63) is 0 Å². The Bertz CT molecular complexity index is 1030. The van der Waals surface area contributed by atoms with E-state index in [1.807, 2.05) is 0 Å². The van der Waals surface area contributed by atoms with Gasteiger partial charge in [0.15, 0.2) is 0 Å². The first-order valence-corrected chi connectivity index (χ1v) is 17.4. The van der Waals surface area contributed by atoms with Crippen molar-refractivity contribution in [1.29, 1.82) is 0 Å². The van der Waals surface area contributed by atoms with Crippen LogP contribution in [-0.2, 0) is 23.2 Å². The fourth-order valence-corrected chi connectivity index (χ4v) is 15.3. The third-order valence-corrected chi connectivity index (χ3v) is 15.9. The van der Waals surface area contributed by atoms with E-state index in [2.05, 4.69) is 18.1 Å². The van der Waals surface area contributed by atoms with E-state index in [1.54, 1.807) is 4.86 Å². The van der Waals surface area contributed by atoms with Crippen LogP contribution in [0.1, 0.15) is 41.5 Å². The van der Waals surface area contributed by atoms with E-state index in [4.69, 9.17) is 13.6 Å². The van der Waals surface area contributed by atoms with Gasteiger partial charge in [0.1, 0.15) is 12.6 Å². The van der Waals surface area contributed by atoms with Gasteiger partial charge in [0.05, 0.1) is 24.5 Å². The summed E-state index contributed by atoms with van der Waals surface area (Å²) in [7, 11) is -26.4. The monoisotopic (exact) mass is 583 g/mol. The van der Waals surface area contributed by atoms with Crippen molar-refractivity contribution >= 4 is 56.6 Å². The number of carbonyl (C=O) groups excluding carboxylic acids is 2. The zero-order valence-corrected chi connectivity index (χ0v) is 23.1. The third kappa shape index (κ3) is 10.3. The van der Waals surface area contributed by atoms with Gasteiger partial charge in [0, 0.05) is 5.80 Å². The van der Waals surface area contributed by atoms with Gasteiger partial charge in [-0.15, -0.1) is 9.03 Å². The summed E-state index contributed by atoms with van der Waals surface area (Å²) in [4.78, 5) is 23.7. The molecule has 5 unspecified atom stereocenters. The molecular formula is C13H27F5N5O5P5. The smallest absolute Gasteiger partial charge is 0.303 e. The zero-order chi connectivity index (χ0) is 25.7. The molecule has 0 aromatic heterocycles. The maximum atomic E-state index is 15.8. The number of rotatable bonds is 9. The molecule has 0 radical (unpaired) electrons. The van der Waals surface area contributed by atoms with Gasteiger partial charge in [-0.25, -0.2) is 0 Å². The van der Waals surface area contributed by atoms with Crippen LogP contribution >= 0.6 is 38.2 Å². The molecule has 0 saturated heterocycles. The van der Waals surface area contributed by atoms with Crippen LogP contribution in [0.2, 0.25) is 0 Å². The largest absolute Gasteiger partial charge is 0.388 e. The Balaban J connectivity index is 4.32. The third-order valence-electron chi connectivity index (χ3n) is 2.84. The van der Waals surface area contributed by atoms with Crippen molar-refractivity contribution < 1.29 is 44.1 Å². The summed E-state index contributed by atoms with van der Waals surface area (Å²) in [6.07, 6.45) is -4.54. The van der Waals surface area contributed by atoms with E-state index in [-0.39, 0.29) is 18.4 Å². The van der Waals surface area contributed by atoms with Crippen LogP contribution in [0.4, 0.5) is 21.0 Å². The lowest BCUT2D eigenvalue weighted by atomic mass is 10.5. The molecule has 0 aromatic rings. The average molecular weight is 583 g/mol. The standard InChI is InChI=1S/C13H27F5N5O5P5/c1-11(2)26-31(16)20-29(14,9-7-24)19-30(15,10-8-25)21-32(17,27-12(3)4)23-33(18,22-31)28-13(5)6/h7-9,11-13,19H,10H2,1-6H3. The van der Waals surface area contributed by atoms with E-state index >= 15 is 21.0 Å². The molecule has 0 amide bonds. The average Bonchev–Trinajstić information content (AvgIpc) is 2.48. The van der Waals surface area contributed by atoms with Crippen LogP contribution in [0, 0.1) is 0 Å².